The van der Waals surface area contributed by atoms with Gasteiger partial charge in [0.25, 0.3) is 0 Å². The molecule has 0 aromatic carbocycles. The zero-order valence-electron chi connectivity index (χ0n) is 17.2. The first-order valence-corrected chi connectivity index (χ1v) is 10.5. The van der Waals surface area contributed by atoms with Crippen molar-refractivity contribution in [3.05, 3.63) is 34.9 Å². The van der Waals surface area contributed by atoms with Crippen molar-refractivity contribution in [2.24, 2.45) is 0 Å². The maximum Gasteiger partial charge on any atom is 0.333 e. The Kier molecular flexibility index (Phi) is 16.9. The van der Waals surface area contributed by atoms with E-state index >= 15 is 0 Å². The van der Waals surface area contributed by atoms with Gasteiger partial charge < -0.3 is 13.6 Å². The predicted octanol–water partition coefficient (Wildman–Crippen LogP) is 6.51. The second kappa shape index (κ2) is 17.9. The van der Waals surface area contributed by atoms with Crippen molar-refractivity contribution in [1.82, 2.24) is 0 Å². The van der Waals surface area contributed by atoms with Crippen LogP contribution in [0.2, 0.25) is 0 Å². The van der Waals surface area contributed by atoms with Gasteiger partial charge >= 0.3 is 8.60 Å². The van der Waals surface area contributed by atoms with Gasteiger partial charge in [-0.05, 0) is 53.4 Å². The van der Waals surface area contributed by atoms with E-state index in [4.69, 9.17) is 24.1 Å². The van der Waals surface area contributed by atoms with Gasteiger partial charge in [-0.3, -0.25) is 0 Å². The zero-order valence-corrected chi connectivity index (χ0v) is 18.1. The summed E-state index contributed by atoms with van der Waals surface area (Å²) in [6.07, 6.45) is 11.4. The van der Waals surface area contributed by atoms with Gasteiger partial charge in [0.05, 0.1) is 44.8 Å². The molecule has 0 aliphatic rings. The van der Waals surface area contributed by atoms with Gasteiger partial charge in [0, 0.05) is 0 Å². The predicted molar refractivity (Wildman–Crippen MR) is 111 cm³/mol. The van der Waals surface area contributed by atoms with Gasteiger partial charge in [-0.15, -0.1) is 0 Å². The number of rotatable bonds is 15. The van der Waals surface area contributed by atoms with Gasteiger partial charge in [0.1, 0.15) is 0 Å². The average molecular weight is 392 g/mol. The van der Waals surface area contributed by atoms with Crippen molar-refractivity contribution < 1.29 is 13.6 Å². The van der Waals surface area contributed by atoms with Crippen molar-refractivity contribution in [2.75, 3.05) is 19.8 Å². The fourth-order valence-electron chi connectivity index (χ4n) is 2.02. The second-order valence-electron chi connectivity index (χ2n) is 6.46. The van der Waals surface area contributed by atoms with E-state index in [2.05, 4.69) is 39.8 Å². The van der Waals surface area contributed by atoms with Crippen molar-refractivity contribution in [3.63, 3.8) is 0 Å². The summed E-state index contributed by atoms with van der Waals surface area (Å²) in [5.41, 5.74) is 4.05. The molecule has 6 heteroatoms. The van der Waals surface area contributed by atoms with Crippen LogP contribution in [0.3, 0.4) is 0 Å². The van der Waals surface area contributed by atoms with E-state index in [1.807, 2.05) is 18.2 Å². The highest BCUT2D eigenvalue weighted by Gasteiger charge is 2.11. The van der Waals surface area contributed by atoms with E-state index in [1.54, 1.807) is 0 Å². The molecule has 0 aromatic heterocycles. The third-order valence-corrected chi connectivity index (χ3v) is 4.70. The molecular weight excluding hydrogens is 359 g/mol. The van der Waals surface area contributed by atoms with Crippen molar-refractivity contribution in [3.8, 4) is 12.1 Å². The number of nitrogens with zero attached hydrogens (tertiary/aromatic N) is 2. The molecule has 0 bridgehead atoms. The molecule has 0 aliphatic carbocycles. The Morgan fingerprint density at radius 3 is 1.81 bits per heavy atom. The summed E-state index contributed by atoms with van der Waals surface area (Å²) in [5.74, 6) is 0. The maximum atomic E-state index is 8.57. The normalized spacial score (nSPS) is 12.0. The van der Waals surface area contributed by atoms with Crippen LogP contribution in [0.1, 0.15) is 66.2 Å². The van der Waals surface area contributed by atoms with Crippen molar-refractivity contribution in [1.29, 1.82) is 10.5 Å². The number of nitriles is 2. The molecule has 0 amide bonds. The minimum absolute atomic E-state index is 0.272. The smallest absolute Gasteiger partial charge is 0.311 e. The molecule has 150 valence electrons. The Hall–Kier alpha value is -1.49. The Labute approximate surface area is 166 Å². The van der Waals surface area contributed by atoms with Crippen molar-refractivity contribution >= 4 is 8.60 Å². The molecule has 0 spiro atoms. The molecule has 0 aliphatic heterocycles. The quantitative estimate of drug-likeness (QED) is 0.180. The van der Waals surface area contributed by atoms with E-state index in [0.29, 0.717) is 6.61 Å². The van der Waals surface area contributed by atoms with Crippen LogP contribution in [0.25, 0.3) is 0 Å². The van der Waals surface area contributed by atoms with Gasteiger partial charge in [-0.25, -0.2) is 0 Å². The van der Waals surface area contributed by atoms with Crippen LogP contribution in [-0.2, 0) is 13.6 Å². The SMILES string of the molecule is CC(C)=CCC/C(C)=C/CC/C(C)=C/COP(OCCC#N)OCCC#N. The molecule has 5 nitrogen and oxygen atoms in total. The molecule has 0 N–H and O–H groups in total. The topological polar surface area (TPSA) is 75.3 Å². The lowest BCUT2D eigenvalue weighted by atomic mass is 10.1. The minimum atomic E-state index is -1.51. The van der Waals surface area contributed by atoms with Crippen LogP contribution < -0.4 is 0 Å². The number of hydrogen-bond donors (Lipinski definition) is 0. The summed E-state index contributed by atoms with van der Waals surface area (Å²) in [6, 6.07) is 4.03. The molecule has 0 fully saturated rings. The van der Waals surface area contributed by atoms with E-state index in [0.717, 1.165) is 25.7 Å². The molecule has 0 radical (unpaired) electrons. The first-order valence-electron chi connectivity index (χ1n) is 9.37. The van der Waals surface area contributed by atoms with Crippen LogP contribution in [0.15, 0.2) is 34.9 Å². The summed E-state index contributed by atoms with van der Waals surface area (Å²) in [4.78, 5) is 0. The summed E-state index contributed by atoms with van der Waals surface area (Å²) < 4.78 is 16.5. The lowest BCUT2D eigenvalue weighted by molar-refractivity contribution is 0.175. The van der Waals surface area contributed by atoms with Crippen molar-refractivity contribution in [2.45, 2.75) is 66.2 Å². The summed E-state index contributed by atoms with van der Waals surface area (Å²) >= 11 is 0. The summed E-state index contributed by atoms with van der Waals surface area (Å²) in [7, 11) is -1.51. The molecule has 0 saturated carbocycles. The van der Waals surface area contributed by atoms with Crippen LogP contribution >= 0.6 is 8.60 Å². The second-order valence-corrected chi connectivity index (χ2v) is 7.68. The van der Waals surface area contributed by atoms with Crippen LogP contribution in [0.4, 0.5) is 0 Å². The fourth-order valence-corrected chi connectivity index (χ4v) is 2.92. The molecule has 0 atom stereocenters. The standard InChI is InChI=1S/C21H33N2O3P/c1-19(2)9-5-10-20(3)11-6-12-21(4)13-18-26-27(24-16-7-14-22)25-17-8-15-23/h9,11,13H,5-8,10,12,16-18H2,1-4H3/b20-11+,21-13+. The highest BCUT2D eigenvalue weighted by Crippen LogP contribution is 2.39. The molecular formula is C21H33N2O3P. The monoisotopic (exact) mass is 392 g/mol. The fraction of sp³-hybridized carbons (Fsp3) is 0.619. The first kappa shape index (κ1) is 25.5. The molecule has 0 saturated heterocycles. The van der Waals surface area contributed by atoms with Gasteiger partial charge in [0.15, 0.2) is 0 Å². The molecule has 27 heavy (non-hydrogen) atoms. The summed E-state index contributed by atoms with van der Waals surface area (Å²) in [5, 5.41) is 17.1. The molecule has 0 unspecified atom stereocenters. The highest BCUT2D eigenvalue weighted by molar-refractivity contribution is 7.41. The minimum Gasteiger partial charge on any atom is -0.311 e. The third kappa shape index (κ3) is 17.7. The average Bonchev–Trinajstić information content (AvgIpc) is 2.61. The molecule has 0 rings (SSSR count). The Morgan fingerprint density at radius 1 is 0.778 bits per heavy atom. The first-order chi connectivity index (χ1) is 13.0. The van der Waals surface area contributed by atoms with Gasteiger partial charge in [0.2, 0.25) is 0 Å². The van der Waals surface area contributed by atoms with E-state index in [1.165, 1.54) is 16.7 Å². The van der Waals surface area contributed by atoms with Gasteiger partial charge in [-0.2, -0.15) is 10.5 Å². The Balaban J connectivity index is 4.18. The summed E-state index contributed by atoms with van der Waals surface area (Å²) in [6.45, 7) is 9.48. The Morgan fingerprint density at radius 2 is 1.30 bits per heavy atom. The molecule has 0 aromatic rings. The lowest BCUT2D eigenvalue weighted by Crippen LogP contribution is -1.99. The van der Waals surface area contributed by atoms with Crippen LogP contribution in [0.5, 0.6) is 0 Å². The van der Waals surface area contributed by atoms with Gasteiger partial charge in [-0.1, -0.05) is 34.9 Å². The van der Waals surface area contributed by atoms with E-state index in [9.17, 15) is 0 Å². The largest absolute Gasteiger partial charge is 0.333 e. The highest BCUT2D eigenvalue weighted by atomic mass is 31.2. The lowest BCUT2D eigenvalue weighted by Gasteiger charge is -2.14. The van der Waals surface area contributed by atoms with Crippen LogP contribution in [0, 0.1) is 22.7 Å². The third-order valence-electron chi connectivity index (χ3n) is 3.56. The Bertz CT molecular complexity index is 547. The zero-order chi connectivity index (χ0) is 20.3. The van der Waals surface area contributed by atoms with Crippen LogP contribution in [-0.4, -0.2) is 19.8 Å². The number of allylic oxidation sites excluding steroid dienone is 5. The van der Waals surface area contributed by atoms with E-state index in [-0.39, 0.29) is 26.1 Å². The maximum absolute atomic E-state index is 8.57. The van der Waals surface area contributed by atoms with E-state index < -0.39 is 8.60 Å². The molecule has 0 heterocycles. The number of hydrogen-bond acceptors (Lipinski definition) is 5.